The van der Waals surface area contributed by atoms with Crippen molar-refractivity contribution in [3.8, 4) is 5.75 Å². The van der Waals surface area contributed by atoms with Gasteiger partial charge in [0.2, 0.25) is 11.8 Å². The number of benzene rings is 3. The fourth-order valence-electron chi connectivity index (χ4n) is 6.12. The molecule has 0 saturated carbocycles. The largest absolute Gasteiger partial charge is 0.493 e. The van der Waals surface area contributed by atoms with Crippen LogP contribution in [0.25, 0.3) is 0 Å². The van der Waals surface area contributed by atoms with E-state index in [9.17, 15) is 24.3 Å². The number of nitrogens with zero attached hydrogens (tertiary/aromatic N) is 2. The highest BCUT2D eigenvalue weighted by molar-refractivity contribution is 6.04. The number of aliphatic hydroxyl groups is 1. The topological polar surface area (TPSA) is 125 Å². The molecule has 1 fully saturated rings. The fraction of sp³-hybridized carbons (Fsp3) is 0.353. The summed E-state index contributed by atoms with van der Waals surface area (Å²) in [6.45, 7) is 3.80. The standard InChI is InChI=1S/C34H37N3O7/c1-3-43-30(40)21-28-32-31(35-33(41)24-13-8-5-9-14-24)26-20-25(44-18-10-17-38)15-16-27(26)37(32)34(42)22(2)36(28)29(39)19-23-11-6-4-7-12-23/h4-9,11-16,20,22,28,31-32,38H,3,10,17-19,21H2,1-2H3,(H,35,41)/t22-,28?,31-,32+/m0/s1. The van der Waals surface area contributed by atoms with E-state index in [4.69, 9.17) is 9.47 Å². The summed E-state index contributed by atoms with van der Waals surface area (Å²) in [4.78, 5) is 57.8. The van der Waals surface area contributed by atoms with Crippen LogP contribution in [0.2, 0.25) is 0 Å². The lowest BCUT2D eigenvalue weighted by molar-refractivity contribution is -0.152. The number of esters is 1. The van der Waals surface area contributed by atoms with Crippen LogP contribution in [0.15, 0.2) is 78.9 Å². The van der Waals surface area contributed by atoms with Crippen LogP contribution in [-0.4, -0.2) is 71.6 Å². The molecule has 0 spiro atoms. The zero-order valence-corrected chi connectivity index (χ0v) is 24.8. The van der Waals surface area contributed by atoms with Crippen LogP contribution in [0.5, 0.6) is 5.75 Å². The molecule has 2 N–H and O–H groups in total. The molecule has 10 heteroatoms. The highest BCUT2D eigenvalue weighted by atomic mass is 16.5. The van der Waals surface area contributed by atoms with E-state index in [2.05, 4.69) is 5.32 Å². The zero-order valence-electron chi connectivity index (χ0n) is 24.8. The molecule has 3 aromatic rings. The van der Waals surface area contributed by atoms with Crippen molar-refractivity contribution in [2.45, 2.75) is 57.3 Å². The van der Waals surface area contributed by atoms with Gasteiger partial charge in [-0.3, -0.25) is 19.2 Å². The Morgan fingerprint density at radius 2 is 1.68 bits per heavy atom. The average molecular weight is 600 g/mol. The van der Waals surface area contributed by atoms with Crippen LogP contribution >= 0.6 is 0 Å². The average Bonchev–Trinajstić information content (AvgIpc) is 3.34. The number of piperazine rings is 1. The van der Waals surface area contributed by atoms with E-state index in [1.807, 2.05) is 36.4 Å². The van der Waals surface area contributed by atoms with Gasteiger partial charge in [-0.15, -0.1) is 0 Å². The van der Waals surface area contributed by atoms with Crippen molar-refractivity contribution >= 4 is 29.4 Å². The van der Waals surface area contributed by atoms with Gasteiger partial charge in [-0.2, -0.15) is 0 Å². The number of ether oxygens (including phenoxy) is 2. The van der Waals surface area contributed by atoms with E-state index in [0.717, 1.165) is 5.56 Å². The number of carbonyl (C=O) groups excluding carboxylic acids is 4. The van der Waals surface area contributed by atoms with Gasteiger partial charge in [0.15, 0.2) is 0 Å². The molecular formula is C34H37N3O7. The smallest absolute Gasteiger partial charge is 0.307 e. The third-order valence-electron chi connectivity index (χ3n) is 8.06. The molecule has 0 radical (unpaired) electrons. The van der Waals surface area contributed by atoms with Gasteiger partial charge >= 0.3 is 5.97 Å². The van der Waals surface area contributed by atoms with Crippen LogP contribution in [0.1, 0.15) is 54.2 Å². The molecule has 0 aliphatic carbocycles. The first kappa shape index (κ1) is 30.7. The minimum atomic E-state index is -0.876. The molecule has 230 valence electrons. The van der Waals surface area contributed by atoms with Gasteiger partial charge in [0.25, 0.3) is 5.91 Å². The third kappa shape index (κ3) is 6.30. The number of carbonyl (C=O) groups is 4. The number of hydrogen-bond acceptors (Lipinski definition) is 7. The van der Waals surface area contributed by atoms with Gasteiger partial charge in [0.1, 0.15) is 11.8 Å². The maximum Gasteiger partial charge on any atom is 0.307 e. The molecular weight excluding hydrogens is 562 g/mol. The molecule has 3 aromatic carbocycles. The van der Waals surface area contributed by atoms with Gasteiger partial charge in [-0.05, 0) is 49.7 Å². The van der Waals surface area contributed by atoms with Crippen LogP contribution < -0.4 is 15.0 Å². The minimum absolute atomic E-state index is 0.0225. The molecule has 5 rings (SSSR count). The Morgan fingerprint density at radius 1 is 0.977 bits per heavy atom. The summed E-state index contributed by atoms with van der Waals surface area (Å²) >= 11 is 0. The monoisotopic (exact) mass is 599 g/mol. The Hall–Kier alpha value is -4.70. The van der Waals surface area contributed by atoms with Crippen molar-refractivity contribution in [2.75, 3.05) is 24.7 Å². The molecule has 2 aliphatic heterocycles. The first-order valence-corrected chi connectivity index (χ1v) is 14.9. The first-order chi connectivity index (χ1) is 21.3. The first-order valence-electron chi connectivity index (χ1n) is 14.9. The summed E-state index contributed by atoms with van der Waals surface area (Å²) < 4.78 is 11.2. The number of anilines is 1. The summed E-state index contributed by atoms with van der Waals surface area (Å²) in [7, 11) is 0. The molecule has 2 aliphatic rings. The SMILES string of the molecule is CCOC(=O)CC1[C@@H]2[C@@H](NC(=O)c3ccccc3)c3cc(OCCCO)ccc3N2C(=O)[C@H](C)N1C(=O)Cc1ccccc1. The maximum absolute atomic E-state index is 14.1. The number of nitrogens with one attached hydrogen (secondary N) is 1. The predicted octanol–water partition coefficient (Wildman–Crippen LogP) is 3.43. The molecule has 2 heterocycles. The zero-order chi connectivity index (χ0) is 31.2. The van der Waals surface area contributed by atoms with E-state index < -0.39 is 30.1 Å². The maximum atomic E-state index is 14.1. The third-order valence-corrected chi connectivity index (χ3v) is 8.06. The lowest BCUT2D eigenvalue weighted by Crippen LogP contribution is -2.69. The van der Waals surface area contributed by atoms with Gasteiger partial charge in [-0.25, -0.2) is 0 Å². The lowest BCUT2D eigenvalue weighted by Gasteiger charge is -2.49. The van der Waals surface area contributed by atoms with Crippen LogP contribution in [0.3, 0.4) is 0 Å². The molecule has 4 atom stereocenters. The highest BCUT2D eigenvalue weighted by Gasteiger charge is 2.55. The van der Waals surface area contributed by atoms with Crippen molar-refractivity contribution in [2.24, 2.45) is 0 Å². The van der Waals surface area contributed by atoms with Crippen LogP contribution in [-0.2, 0) is 25.5 Å². The van der Waals surface area contributed by atoms with Crippen molar-refractivity contribution in [3.63, 3.8) is 0 Å². The molecule has 0 bridgehead atoms. The van der Waals surface area contributed by atoms with Crippen LogP contribution in [0.4, 0.5) is 5.69 Å². The summed E-state index contributed by atoms with van der Waals surface area (Å²) in [5.74, 6) is -0.978. The number of amides is 3. The normalized spacial score (nSPS) is 20.5. The van der Waals surface area contributed by atoms with E-state index >= 15 is 0 Å². The predicted molar refractivity (Wildman–Crippen MR) is 163 cm³/mol. The number of rotatable bonds is 11. The second kappa shape index (κ2) is 13.7. The van der Waals surface area contributed by atoms with E-state index in [0.29, 0.717) is 29.0 Å². The van der Waals surface area contributed by atoms with Gasteiger partial charge in [0, 0.05) is 29.8 Å². The molecule has 44 heavy (non-hydrogen) atoms. The van der Waals surface area contributed by atoms with Gasteiger partial charge in [-0.1, -0.05) is 48.5 Å². The number of aliphatic hydroxyl groups excluding tert-OH is 1. The minimum Gasteiger partial charge on any atom is -0.493 e. The Morgan fingerprint density at radius 3 is 2.36 bits per heavy atom. The highest BCUT2D eigenvalue weighted by Crippen LogP contribution is 2.47. The van der Waals surface area contributed by atoms with Crippen molar-refractivity contribution in [3.05, 3.63) is 95.6 Å². The summed E-state index contributed by atoms with van der Waals surface area (Å²) in [5.41, 5.74) is 2.41. The van der Waals surface area contributed by atoms with Gasteiger partial charge in [0.05, 0.1) is 44.2 Å². The molecule has 0 aromatic heterocycles. The number of hydrogen-bond donors (Lipinski definition) is 2. The summed E-state index contributed by atoms with van der Waals surface area (Å²) in [6.07, 6.45) is 0.316. The van der Waals surface area contributed by atoms with E-state index in [1.165, 1.54) is 4.90 Å². The molecule has 1 saturated heterocycles. The van der Waals surface area contributed by atoms with Crippen molar-refractivity contribution in [1.29, 1.82) is 0 Å². The molecule has 3 amide bonds. The summed E-state index contributed by atoms with van der Waals surface area (Å²) in [5, 5.41) is 12.3. The van der Waals surface area contributed by atoms with Gasteiger partial charge < -0.3 is 29.7 Å². The van der Waals surface area contributed by atoms with Crippen LogP contribution in [0, 0.1) is 0 Å². The fourth-order valence-corrected chi connectivity index (χ4v) is 6.12. The van der Waals surface area contributed by atoms with Crippen molar-refractivity contribution < 1.29 is 33.8 Å². The number of fused-ring (bicyclic) bond motifs is 3. The van der Waals surface area contributed by atoms with E-state index in [-0.39, 0.29) is 50.4 Å². The Bertz CT molecular complexity index is 1500. The molecule has 1 unspecified atom stereocenters. The Labute approximate surface area is 256 Å². The Kier molecular flexibility index (Phi) is 9.59. The van der Waals surface area contributed by atoms with E-state index in [1.54, 1.807) is 61.2 Å². The second-order valence-corrected chi connectivity index (χ2v) is 10.9. The Balaban J connectivity index is 1.59. The quantitative estimate of drug-likeness (QED) is 0.256. The lowest BCUT2D eigenvalue weighted by atomic mass is 9.89. The van der Waals surface area contributed by atoms with Crippen molar-refractivity contribution in [1.82, 2.24) is 10.2 Å². The summed E-state index contributed by atoms with van der Waals surface area (Å²) in [6, 6.07) is 20.0. The molecule has 10 nitrogen and oxygen atoms in total. The second-order valence-electron chi connectivity index (χ2n) is 10.9.